The van der Waals surface area contributed by atoms with Gasteiger partial charge in [0, 0.05) is 18.2 Å². The molecule has 1 unspecified atom stereocenters. The maximum Gasteiger partial charge on any atom is 0.320 e. The molecule has 0 heterocycles. The van der Waals surface area contributed by atoms with E-state index in [1.807, 2.05) is 0 Å². The third-order valence-electron chi connectivity index (χ3n) is 2.76. The fourth-order valence-corrected chi connectivity index (χ4v) is 1.44. The van der Waals surface area contributed by atoms with E-state index in [2.05, 4.69) is 4.74 Å². The Morgan fingerprint density at radius 2 is 2.06 bits per heavy atom. The number of carboxylic acid groups (broad SMARTS) is 1. The minimum Gasteiger partial charge on any atom is -0.494 e. The van der Waals surface area contributed by atoms with Crippen LogP contribution < -0.4 is 4.74 Å². The molecule has 0 bridgehead atoms. The number of carboxylic acids is 1. The lowest BCUT2D eigenvalue weighted by Crippen LogP contribution is -2.35. The Labute approximate surface area is 104 Å². The minimum atomic E-state index is -1.02. The van der Waals surface area contributed by atoms with Crippen molar-refractivity contribution in [2.75, 3.05) is 14.2 Å². The summed E-state index contributed by atoms with van der Waals surface area (Å²) in [7, 11) is 2.77. The predicted octanol–water partition coefficient (Wildman–Crippen LogP) is 1.88. The second-order valence-corrected chi connectivity index (χ2v) is 4.01. The van der Waals surface area contributed by atoms with Crippen LogP contribution >= 0.6 is 0 Å². The van der Waals surface area contributed by atoms with Gasteiger partial charge in [-0.25, -0.2) is 8.78 Å². The summed E-state index contributed by atoms with van der Waals surface area (Å²) in [5, 5.41) is 8.81. The SMILES string of the molecule is COc1cc(F)c(CN(C)C(C)C(=O)O)cc1F. The van der Waals surface area contributed by atoms with Crippen molar-refractivity contribution >= 4 is 5.97 Å². The van der Waals surface area contributed by atoms with E-state index in [4.69, 9.17) is 5.11 Å². The van der Waals surface area contributed by atoms with Crippen LogP contribution in [-0.2, 0) is 11.3 Å². The summed E-state index contributed by atoms with van der Waals surface area (Å²) in [6, 6.07) is 1.18. The van der Waals surface area contributed by atoms with Gasteiger partial charge >= 0.3 is 5.97 Å². The van der Waals surface area contributed by atoms with Crippen LogP contribution in [0.25, 0.3) is 0 Å². The highest BCUT2D eigenvalue weighted by Crippen LogP contribution is 2.22. The summed E-state index contributed by atoms with van der Waals surface area (Å²) in [5.41, 5.74) is 0.0869. The summed E-state index contributed by atoms with van der Waals surface area (Å²) in [6.45, 7) is 1.47. The van der Waals surface area contributed by atoms with Gasteiger partial charge in [0.15, 0.2) is 11.6 Å². The molecule has 1 atom stereocenters. The maximum absolute atomic E-state index is 13.6. The van der Waals surface area contributed by atoms with Crippen molar-refractivity contribution in [3.05, 3.63) is 29.3 Å². The molecule has 0 aliphatic heterocycles. The number of hydrogen-bond donors (Lipinski definition) is 1. The van der Waals surface area contributed by atoms with Crippen LogP contribution in [0.2, 0.25) is 0 Å². The van der Waals surface area contributed by atoms with Crippen LogP contribution in [0.1, 0.15) is 12.5 Å². The number of benzene rings is 1. The molecule has 18 heavy (non-hydrogen) atoms. The number of aliphatic carboxylic acids is 1. The fraction of sp³-hybridized carbons (Fsp3) is 0.417. The maximum atomic E-state index is 13.6. The van der Waals surface area contributed by atoms with E-state index in [1.54, 1.807) is 0 Å². The Morgan fingerprint density at radius 3 is 2.56 bits per heavy atom. The molecule has 1 rings (SSSR count). The highest BCUT2D eigenvalue weighted by molar-refractivity contribution is 5.72. The first-order valence-electron chi connectivity index (χ1n) is 5.31. The second kappa shape index (κ2) is 5.77. The molecule has 0 saturated carbocycles. The molecule has 6 heteroatoms. The first-order chi connectivity index (χ1) is 8.36. The van der Waals surface area contributed by atoms with Crippen LogP contribution in [0.3, 0.4) is 0 Å². The van der Waals surface area contributed by atoms with Gasteiger partial charge in [-0.05, 0) is 20.0 Å². The van der Waals surface area contributed by atoms with E-state index in [-0.39, 0.29) is 17.9 Å². The predicted molar refractivity (Wildman–Crippen MR) is 61.5 cm³/mol. The lowest BCUT2D eigenvalue weighted by atomic mass is 10.1. The number of rotatable bonds is 5. The first kappa shape index (κ1) is 14.4. The highest BCUT2D eigenvalue weighted by Gasteiger charge is 2.19. The molecule has 1 aromatic rings. The lowest BCUT2D eigenvalue weighted by molar-refractivity contribution is -0.142. The van der Waals surface area contributed by atoms with E-state index in [1.165, 1.54) is 26.0 Å². The van der Waals surface area contributed by atoms with Gasteiger partial charge in [-0.15, -0.1) is 0 Å². The van der Waals surface area contributed by atoms with Gasteiger partial charge in [-0.2, -0.15) is 0 Å². The number of carbonyl (C=O) groups is 1. The zero-order valence-electron chi connectivity index (χ0n) is 10.4. The second-order valence-electron chi connectivity index (χ2n) is 4.01. The summed E-state index contributed by atoms with van der Waals surface area (Å²) >= 11 is 0. The zero-order valence-corrected chi connectivity index (χ0v) is 10.4. The van der Waals surface area contributed by atoms with Gasteiger partial charge in [0.2, 0.25) is 0 Å². The summed E-state index contributed by atoms with van der Waals surface area (Å²) in [4.78, 5) is 12.2. The van der Waals surface area contributed by atoms with Crippen molar-refractivity contribution in [2.45, 2.75) is 19.5 Å². The molecule has 0 aliphatic carbocycles. The summed E-state index contributed by atoms with van der Waals surface area (Å²) < 4.78 is 31.7. The van der Waals surface area contributed by atoms with E-state index >= 15 is 0 Å². The largest absolute Gasteiger partial charge is 0.494 e. The molecule has 4 nitrogen and oxygen atoms in total. The van der Waals surface area contributed by atoms with E-state index in [9.17, 15) is 13.6 Å². The molecule has 0 aromatic heterocycles. The molecule has 0 radical (unpaired) electrons. The molecular weight excluding hydrogens is 244 g/mol. The Bertz CT molecular complexity index is 451. The van der Waals surface area contributed by atoms with E-state index in [0.29, 0.717) is 0 Å². The highest BCUT2D eigenvalue weighted by atomic mass is 19.1. The first-order valence-corrected chi connectivity index (χ1v) is 5.31. The Balaban J connectivity index is 2.91. The van der Waals surface area contributed by atoms with Crippen molar-refractivity contribution < 1.29 is 23.4 Å². The van der Waals surface area contributed by atoms with Crippen molar-refractivity contribution in [3.8, 4) is 5.75 Å². The number of halogens is 2. The van der Waals surface area contributed by atoms with Gasteiger partial charge in [-0.3, -0.25) is 9.69 Å². The smallest absolute Gasteiger partial charge is 0.320 e. The molecule has 0 spiro atoms. The van der Waals surface area contributed by atoms with Gasteiger partial charge in [0.1, 0.15) is 11.9 Å². The number of ether oxygens (including phenoxy) is 1. The average molecular weight is 259 g/mol. The number of likely N-dealkylation sites (N-methyl/N-ethyl adjacent to an activating group) is 1. The standard InChI is InChI=1S/C12H15F2NO3/c1-7(12(16)17)15(2)6-8-4-10(14)11(18-3)5-9(8)13/h4-5,7H,6H2,1-3H3,(H,16,17). The van der Waals surface area contributed by atoms with Crippen molar-refractivity contribution in [1.82, 2.24) is 4.90 Å². The summed E-state index contributed by atoms with van der Waals surface area (Å²) in [5.74, 6) is -2.50. The van der Waals surface area contributed by atoms with Gasteiger partial charge < -0.3 is 9.84 Å². The van der Waals surface area contributed by atoms with Crippen molar-refractivity contribution in [2.24, 2.45) is 0 Å². The molecule has 1 aromatic carbocycles. The van der Waals surface area contributed by atoms with E-state index < -0.39 is 23.6 Å². The van der Waals surface area contributed by atoms with Crippen molar-refractivity contribution in [1.29, 1.82) is 0 Å². The molecule has 100 valence electrons. The quantitative estimate of drug-likeness (QED) is 0.877. The third kappa shape index (κ3) is 3.16. The normalized spacial score (nSPS) is 12.6. The van der Waals surface area contributed by atoms with Gasteiger partial charge in [0.25, 0.3) is 0 Å². The fourth-order valence-electron chi connectivity index (χ4n) is 1.44. The Hall–Kier alpha value is -1.69. The van der Waals surface area contributed by atoms with Crippen molar-refractivity contribution in [3.63, 3.8) is 0 Å². The Kier molecular flexibility index (Phi) is 4.61. The average Bonchev–Trinajstić information content (AvgIpc) is 2.32. The lowest BCUT2D eigenvalue weighted by Gasteiger charge is -2.21. The van der Waals surface area contributed by atoms with Crippen LogP contribution in [0.5, 0.6) is 5.75 Å². The minimum absolute atomic E-state index is 0.000213. The van der Waals surface area contributed by atoms with Crippen LogP contribution in [-0.4, -0.2) is 36.2 Å². The van der Waals surface area contributed by atoms with Gasteiger partial charge in [0.05, 0.1) is 7.11 Å². The monoisotopic (exact) mass is 259 g/mol. The van der Waals surface area contributed by atoms with Crippen LogP contribution in [0, 0.1) is 11.6 Å². The number of methoxy groups -OCH3 is 1. The van der Waals surface area contributed by atoms with E-state index in [0.717, 1.165) is 12.1 Å². The van der Waals surface area contributed by atoms with Gasteiger partial charge in [-0.1, -0.05) is 0 Å². The molecule has 0 aliphatic rings. The Morgan fingerprint density at radius 1 is 1.44 bits per heavy atom. The number of nitrogens with zero attached hydrogens (tertiary/aromatic N) is 1. The zero-order chi connectivity index (χ0) is 13.9. The molecule has 0 saturated heterocycles. The number of hydrogen-bond acceptors (Lipinski definition) is 3. The molecule has 0 fully saturated rings. The third-order valence-corrected chi connectivity index (χ3v) is 2.76. The van der Waals surface area contributed by atoms with Crippen LogP contribution in [0.4, 0.5) is 8.78 Å². The van der Waals surface area contributed by atoms with Crippen LogP contribution in [0.15, 0.2) is 12.1 Å². The topological polar surface area (TPSA) is 49.8 Å². The summed E-state index contributed by atoms with van der Waals surface area (Å²) in [6.07, 6.45) is 0. The molecular formula is C12H15F2NO3. The molecule has 1 N–H and O–H groups in total. The molecule has 0 amide bonds.